The number of methoxy groups -OCH3 is 1. The Hall–Kier alpha value is -4.37. The zero-order valence-corrected chi connectivity index (χ0v) is 21.5. The first kappa shape index (κ1) is 25.3. The Balaban J connectivity index is 1.44. The SMILES string of the molecule is COc1ccc(CNC(=O)N2[C@H]3CN(Cc4ccccc4)C(=O)[C@H](c4ccccc4)N3C(=O)CN2C)cc1. The highest BCUT2D eigenvalue weighted by atomic mass is 16.5. The van der Waals surface area contributed by atoms with E-state index in [2.05, 4.69) is 5.32 Å². The molecule has 196 valence electrons. The molecule has 2 aliphatic heterocycles. The maximum atomic E-state index is 13.8. The fourth-order valence-corrected chi connectivity index (χ4v) is 5.10. The zero-order valence-electron chi connectivity index (χ0n) is 21.5. The summed E-state index contributed by atoms with van der Waals surface area (Å²) in [5, 5.41) is 6.17. The van der Waals surface area contributed by atoms with Crippen LogP contribution in [0.15, 0.2) is 84.9 Å². The number of rotatable bonds is 6. The molecule has 0 saturated carbocycles. The number of nitrogens with zero attached hydrogens (tertiary/aromatic N) is 4. The summed E-state index contributed by atoms with van der Waals surface area (Å²) in [4.78, 5) is 44.1. The number of urea groups is 1. The molecular formula is C29H31N5O4. The van der Waals surface area contributed by atoms with Gasteiger partial charge >= 0.3 is 6.03 Å². The molecule has 0 radical (unpaired) electrons. The number of ether oxygens (including phenoxy) is 1. The van der Waals surface area contributed by atoms with Crippen LogP contribution in [0.2, 0.25) is 0 Å². The molecule has 9 nitrogen and oxygen atoms in total. The van der Waals surface area contributed by atoms with Crippen LogP contribution in [-0.2, 0) is 22.7 Å². The Morgan fingerprint density at radius 1 is 0.921 bits per heavy atom. The van der Waals surface area contributed by atoms with Crippen LogP contribution in [0.5, 0.6) is 5.75 Å². The minimum absolute atomic E-state index is 0.0121. The quantitative estimate of drug-likeness (QED) is 0.548. The summed E-state index contributed by atoms with van der Waals surface area (Å²) < 4.78 is 5.21. The van der Waals surface area contributed by atoms with Gasteiger partial charge in [0, 0.05) is 20.1 Å². The number of nitrogens with one attached hydrogen (secondary N) is 1. The molecule has 0 bridgehead atoms. The second-order valence-electron chi connectivity index (χ2n) is 9.47. The molecule has 3 aromatic rings. The first-order chi connectivity index (χ1) is 18.5. The van der Waals surface area contributed by atoms with Gasteiger partial charge in [0.2, 0.25) is 5.91 Å². The van der Waals surface area contributed by atoms with Crippen molar-refractivity contribution in [1.82, 2.24) is 25.1 Å². The van der Waals surface area contributed by atoms with E-state index < -0.39 is 12.2 Å². The monoisotopic (exact) mass is 513 g/mol. The molecule has 2 aliphatic rings. The number of piperazine rings is 1. The Kier molecular flexibility index (Phi) is 7.28. The highest BCUT2D eigenvalue weighted by molar-refractivity contribution is 5.92. The number of benzene rings is 3. The molecule has 9 heteroatoms. The van der Waals surface area contributed by atoms with Gasteiger partial charge in [0.15, 0.2) is 0 Å². The first-order valence-electron chi connectivity index (χ1n) is 12.6. The van der Waals surface area contributed by atoms with Gasteiger partial charge in [0.25, 0.3) is 5.91 Å². The van der Waals surface area contributed by atoms with E-state index >= 15 is 0 Å². The van der Waals surface area contributed by atoms with Crippen molar-refractivity contribution in [3.8, 4) is 5.75 Å². The molecule has 2 fully saturated rings. The van der Waals surface area contributed by atoms with Crippen molar-refractivity contribution >= 4 is 17.8 Å². The second kappa shape index (κ2) is 10.9. The lowest BCUT2D eigenvalue weighted by molar-refractivity contribution is -0.188. The predicted octanol–water partition coefficient (Wildman–Crippen LogP) is 3.01. The minimum atomic E-state index is -0.822. The molecule has 2 atom stereocenters. The lowest BCUT2D eigenvalue weighted by Crippen LogP contribution is -2.73. The normalized spacial score (nSPS) is 19.8. The summed E-state index contributed by atoms with van der Waals surface area (Å²) in [6.45, 7) is 0.875. The molecular weight excluding hydrogens is 482 g/mol. The van der Waals surface area contributed by atoms with Gasteiger partial charge in [-0.25, -0.2) is 14.8 Å². The van der Waals surface area contributed by atoms with Crippen LogP contribution >= 0.6 is 0 Å². The Bertz CT molecular complexity index is 1290. The summed E-state index contributed by atoms with van der Waals surface area (Å²) in [5.74, 6) is 0.383. The van der Waals surface area contributed by atoms with Crippen LogP contribution < -0.4 is 10.1 Å². The van der Waals surface area contributed by atoms with Crippen molar-refractivity contribution in [2.75, 3.05) is 27.2 Å². The largest absolute Gasteiger partial charge is 0.497 e. The van der Waals surface area contributed by atoms with Gasteiger partial charge in [-0.3, -0.25) is 9.59 Å². The van der Waals surface area contributed by atoms with Crippen molar-refractivity contribution in [2.45, 2.75) is 25.3 Å². The van der Waals surface area contributed by atoms with E-state index in [4.69, 9.17) is 4.74 Å². The molecule has 2 saturated heterocycles. The third kappa shape index (κ3) is 5.05. The topological polar surface area (TPSA) is 85.4 Å². The van der Waals surface area contributed by atoms with E-state index in [-0.39, 0.29) is 30.9 Å². The zero-order chi connectivity index (χ0) is 26.6. The van der Waals surface area contributed by atoms with Crippen LogP contribution in [0, 0.1) is 0 Å². The number of hydrogen-bond acceptors (Lipinski definition) is 5. The van der Waals surface area contributed by atoms with Crippen LogP contribution in [-0.4, -0.2) is 71.1 Å². The third-order valence-electron chi connectivity index (χ3n) is 6.97. The number of carbonyl (C=O) groups is 3. The predicted molar refractivity (Wildman–Crippen MR) is 141 cm³/mol. The summed E-state index contributed by atoms with van der Waals surface area (Å²) in [7, 11) is 3.33. The molecule has 0 aliphatic carbocycles. The van der Waals surface area contributed by atoms with E-state index in [1.165, 1.54) is 0 Å². The number of hydrazine groups is 1. The molecule has 4 amide bonds. The molecule has 38 heavy (non-hydrogen) atoms. The van der Waals surface area contributed by atoms with Gasteiger partial charge in [-0.1, -0.05) is 72.8 Å². The van der Waals surface area contributed by atoms with Crippen molar-refractivity contribution in [2.24, 2.45) is 0 Å². The summed E-state index contributed by atoms with van der Waals surface area (Å²) in [6, 6.07) is 25.3. The number of carbonyl (C=O) groups excluding carboxylic acids is 3. The molecule has 0 aromatic heterocycles. The van der Waals surface area contributed by atoms with Gasteiger partial charge in [-0.15, -0.1) is 0 Å². The van der Waals surface area contributed by atoms with Crippen LogP contribution in [0.4, 0.5) is 4.79 Å². The van der Waals surface area contributed by atoms with Gasteiger partial charge in [0.1, 0.15) is 18.0 Å². The lowest BCUT2D eigenvalue weighted by atomic mass is 9.98. The Morgan fingerprint density at radius 3 is 2.24 bits per heavy atom. The van der Waals surface area contributed by atoms with Gasteiger partial charge in [-0.05, 0) is 28.8 Å². The Labute approximate surface area is 222 Å². The van der Waals surface area contributed by atoms with Gasteiger partial charge < -0.3 is 19.9 Å². The minimum Gasteiger partial charge on any atom is -0.497 e. The van der Waals surface area contributed by atoms with E-state index in [1.54, 1.807) is 34.0 Å². The third-order valence-corrected chi connectivity index (χ3v) is 6.97. The number of likely N-dealkylation sites (N-methyl/N-ethyl adjacent to an activating group) is 1. The maximum Gasteiger partial charge on any atom is 0.334 e. The first-order valence-corrected chi connectivity index (χ1v) is 12.6. The summed E-state index contributed by atoms with van der Waals surface area (Å²) in [5.41, 5.74) is 2.61. The maximum absolute atomic E-state index is 13.8. The number of fused-ring (bicyclic) bond motifs is 1. The van der Waals surface area contributed by atoms with E-state index in [9.17, 15) is 14.4 Å². The summed E-state index contributed by atoms with van der Waals surface area (Å²) in [6.07, 6.45) is -0.663. The highest BCUT2D eigenvalue weighted by Gasteiger charge is 2.51. The fourth-order valence-electron chi connectivity index (χ4n) is 5.10. The molecule has 1 N–H and O–H groups in total. The van der Waals surface area contributed by atoms with Crippen LogP contribution in [0.1, 0.15) is 22.7 Å². The second-order valence-corrected chi connectivity index (χ2v) is 9.47. The van der Waals surface area contributed by atoms with Crippen molar-refractivity contribution < 1.29 is 19.1 Å². The summed E-state index contributed by atoms with van der Waals surface area (Å²) >= 11 is 0. The smallest absolute Gasteiger partial charge is 0.334 e. The van der Waals surface area contributed by atoms with Crippen molar-refractivity contribution in [1.29, 1.82) is 0 Å². The fraction of sp³-hybridized carbons (Fsp3) is 0.276. The lowest BCUT2D eigenvalue weighted by Gasteiger charge is -2.54. The van der Waals surface area contributed by atoms with Gasteiger partial charge in [0.05, 0.1) is 20.2 Å². The van der Waals surface area contributed by atoms with E-state index in [0.29, 0.717) is 13.1 Å². The van der Waals surface area contributed by atoms with Crippen molar-refractivity contribution in [3.63, 3.8) is 0 Å². The number of amides is 4. The van der Waals surface area contributed by atoms with E-state index in [0.717, 1.165) is 22.4 Å². The Morgan fingerprint density at radius 2 is 1.58 bits per heavy atom. The van der Waals surface area contributed by atoms with Crippen LogP contribution in [0.3, 0.4) is 0 Å². The number of hydrogen-bond donors (Lipinski definition) is 1. The van der Waals surface area contributed by atoms with Crippen LogP contribution in [0.25, 0.3) is 0 Å². The highest BCUT2D eigenvalue weighted by Crippen LogP contribution is 2.35. The standard InChI is InChI=1S/C29H31N5O4/c1-31-20-26(35)33-25(34(31)29(37)30-17-21-13-15-24(38-2)16-14-21)19-32(18-22-9-5-3-6-10-22)28(36)27(33)23-11-7-4-8-12-23/h3-16,25,27H,17-20H2,1-2H3,(H,30,37)/t25-,27-/m0/s1. The average molecular weight is 514 g/mol. The molecule has 0 unspecified atom stereocenters. The van der Waals surface area contributed by atoms with E-state index in [1.807, 2.05) is 84.9 Å². The van der Waals surface area contributed by atoms with Gasteiger partial charge in [-0.2, -0.15) is 0 Å². The van der Waals surface area contributed by atoms with Crippen molar-refractivity contribution in [3.05, 3.63) is 102 Å². The molecule has 0 spiro atoms. The molecule has 3 aromatic carbocycles. The molecule has 2 heterocycles. The average Bonchev–Trinajstić information content (AvgIpc) is 2.94. The molecule has 5 rings (SSSR count).